The SMILES string of the molecule is COC(=O)c1ccc(N)cc1NC(=O)c1ccc(C(C)(C)C)cc1. The van der Waals surface area contributed by atoms with Gasteiger partial charge in [0.2, 0.25) is 0 Å². The van der Waals surface area contributed by atoms with Gasteiger partial charge < -0.3 is 15.8 Å². The van der Waals surface area contributed by atoms with Gasteiger partial charge in [0, 0.05) is 11.3 Å². The summed E-state index contributed by atoms with van der Waals surface area (Å²) in [6, 6.07) is 12.0. The highest BCUT2D eigenvalue weighted by Crippen LogP contribution is 2.24. The summed E-state index contributed by atoms with van der Waals surface area (Å²) >= 11 is 0. The molecule has 2 aromatic carbocycles. The first-order valence-electron chi connectivity index (χ1n) is 7.62. The quantitative estimate of drug-likeness (QED) is 0.667. The van der Waals surface area contributed by atoms with Crippen molar-refractivity contribution in [2.45, 2.75) is 26.2 Å². The van der Waals surface area contributed by atoms with Crippen molar-refractivity contribution in [2.75, 3.05) is 18.2 Å². The number of carbonyl (C=O) groups excluding carboxylic acids is 2. The fourth-order valence-electron chi connectivity index (χ4n) is 2.27. The second-order valence-corrected chi connectivity index (χ2v) is 6.58. The van der Waals surface area contributed by atoms with Crippen molar-refractivity contribution in [3.8, 4) is 0 Å². The molecule has 0 aliphatic carbocycles. The summed E-state index contributed by atoms with van der Waals surface area (Å²) in [5.41, 5.74) is 8.43. The van der Waals surface area contributed by atoms with Gasteiger partial charge in [0.15, 0.2) is 0 Å². The average molecular weight is 326 g/mol. The molecule has 0 fully saturated rings. The Morgan fingerprint density at radius 3 is 2.21 bits per heavy atom. The van der Waals surface area contributed by atoms with Crippen LogP contribution in [0.25, 0.3) is 0 Å². The van der Waals surface area contributed by atoms with Gasteiger partial charge in [-0.1, -0.05) is 32.9 Å². The van der Waals surface area contributed by atoms with Crippen molar-refractivity contribution in [2.24, 2.45) is 0 Å². The van der Waals surface area contributed by atoms with Gasteiger partial charge in [0.25, 0.3) is 5.91 Å². The maximum absolute atomic E-state index is 12.4. The Balaban J connectivity index is 2.27. The highest BCUT2D eigenvalue weighted by molar-refractivity contribution is 6.08. The molecule has 2 aromatic rings. The first kappa shape index (κ1) is 17.5. The second-order valence-electron chi connectivity index (χ2n) is 6.58. The molecule has 126 valence electrons. The molecule has 24 heavy (non-hydrogen) atoms. The zero-order valence-corrected chi connectivity index (χ0v) is 14.3. The molecule has 0 aliphatic heterocycles. The molecule has 5 heteroatoms. The predicted octanol–water partition coefficient (Wildman–Crippen LogP) is 3.61. The van der Waals surface area contributed by atoms with Crippen LogP contribution in [-0.4, -0.2) is 19.0 Å². The number of ether oxygens (including phenoxy) is 1. The molecule has 1 amide bonds. The normalized spacial score (nSPS) is 11.0. The van der Waals surface area contributed by atoms with E-state index in [0.29, 0.717) is 16.9 Å². The molecule has 0 unspecified atom stereocenters. The number of nitrogen functional groups attached to an aromatic ring is 1. The standard InChI is InChI=1S/C19H22N2O3/c1-19(2,3)13-7-5-12(6-8-13)17(22)21-16-11-14(20)9-10-15(16)18(23)24-4/h5-11H,20H2,1-4H3,(H,21,22). The summed E-state index contributed by atoms with van der Waals surface area (Å²) < 4.78 is 4.73. The Morgan fingerprint density at radius 1 is 1.04 bits per heavy atom. The van der Waals surface area contributed by atoms with Crippen LogP contribution in [-0.2, 0) is 10.2 Å². The Kier molecular flexibility index (Phi) is 4.93. The van der Waals surface area contributed by atoms with E-state index in [1.165, 1.54) is 19.2 Å². The third kappa shape index (κ3) is 3.93. The van der Waals surface area contributed by atoms with Crippen LogP contribution in [0, 0.1) is 0 Å². The zero-order valence-electron chi connectivity index (χ0n) is 14.3. The van der Waals surface area contributed by atoms with Crippen molar-refractivity contribution in [1.82, 2.24) is 0 Å². The van der Waals surface area contributed by atoms with Gasteiger partial charge >= 0.3 is 5.97 Å². The molecule has 2 rings (SSSR count). The first-order valence-corrected chi connectivity index (χ1v) is 7.62. The highest BCUT2D eigenvalue weighted by Gasteiger charge is 2.17. The molecule has 0 spiro atoms. The summed E-state index contributed by atoms with van der Waals surface area (Å²) in [4.78, 5) is 24.2. The number of rotatable bonds is 3. The van der Waals surface area contributed by atoms with Crippen LogP contribution in [0.5, 0.6) is 0 Å². The van der Waals surface area contributed by atoms with E-state index in [0.717, 1.165) is 5.56 Å². The molecular weight excluding hydrogens is 304 g/mol. The predicted molar refractivity (Wildman–Crippen MR) is 95.3 cm³/mol. The van der Waals surface area contributed by atoms with Gasteiger partial charge in [-0.3, -0.25) is 4.79 Å². The number of esters is 1. The van der Waals surface area contributed by atoms with Gasteiger partial charge in [-0.05, 0) is 41.3 Å². The molecule has 3 N–H and O–H groups in total. The summed E-state index contributed by atoms with van der Waals surface area (Å²) in [7, 11) is 1.29. The van der Waals surface area contributed by atoms with Gasteiger partial charge in [-0.25, -0.2) is 4.79 Å². The number of benzene rings is 2. The van der Waals surface area contributed by atoms with Gasteiger partial charge in [-0.2, -0.15) is 0 Å². The summed E-state index contributed by atoms with van der Waals surface area (Å²) in [5, 5.41) is 2.72. The van der Waals surface area contributed by atoms with E-state index >= 15 is 0 Å². The molecule has 0 atom stereocenters. The van der Waals surface area contributed by atoms with Gasteiger partial charge in [-0.15, -0.1) is 0 Å². The minimum atomic E-state index is -0.534. The number of hydrogen-bond acceptors (Lipinski definition) is 4. The molecule has 5 nitrogen and oxygen atoms in total. The Hall–Kier alpha value is -2.82. The van der Waals surface area contributed by atoms with E-state index < -0.39 is 5.97 Å². The lowest BCUT2D eigenvalue weighted by atomic mass is 9.86. The number of hydrogen-bond donors (Lipinski definition) is 2. The number of anilines is 2. The van der Waals surface area contributed by atoms with Crippen molar-refractivity contribution in [1.29, 1.82) is 0 Å². The number of amides is 1. The topological polar surface area (TPSA) is 81.4 Å². The molecular formula is C19H22N2O3. The molecule has 0 radical (unpaired) electrons. The van der Waals surface area contributed by atoms with Crippen molar-refractivity contribution >= 4 is 23.3 Å². The fraction of sp³-hybridized carbons (Fsp3) is 0.263. The van der Waals surface area contributed by atoms with Crippen LogP contribution in [0.2, 0.25) is 0 Å². The summed E-state index contributed by atoms with van der Waals surface area (Å²) in [5.74, 6) is -0.848. The number of nitrogens with two attached hydrogens (primary N) is 1. The Labute approximate surface area is 141 Å². The van der Waals surface area contributed by atoms with Crippen LogP contribution in [0.1, 0.15) is 47.1 Å². The van der Waals surface area contributed by atoms with Gasteiger partial charge in [0.1, 0.15) is 0 Å². The lowest BCUT2D eigenvalue weighted by Crippen LogP contribution is -2.16. The monoisotopic (exact) mass is 326 g/mol. The van der Waals surface area contributed by atoms with Crippen LogP contribution >= 0.6 is 0 Å². The minimum absolute atomic E-state index is 0.0148. The van der Waals surface area contributed by atoms with E-state index in [1.807, 2.05) is 12.1 Å². The molecule has 0 heterocycles. The van der Waals surface area contributed by atoms with Crippen LogP contribution < -0.4 is 11.1 Å². The third-order valence-electron chi connectivity index (χ3n) is 3.71. The largest absolute Gasteiger partial charge is 0.465 e. The molecule has 0 bridgehead atoms. The fourth-order valence-corrected chi connectivity index (χ4v) is 2.27. The maximum atomic E-state index is 12.4. The second kappa shape index (κ2) is 6.74. The lowest BCUT2D eigenvalue weighted by Gasteiger charge is -2.19. The van der Waals surface area contributed by atoms with E-state index in [-0.39, 0.29) is 16.9 Å². The van der Waals surface area contributed by atoms with Crippen LogP contribution in [0.4, 0.5) is 11.4 Å². The molecule has 0 saturated carbocycles. The molecule has 0 saturated heterocycles. The minimum Gasteiger partial charge on any atom is -0.465 e. The molecule has 0 aliphatic rings. The van der Waals surface area contributed by atoms with Crippen molar-refractivity contribution in [3.05, 3.63) is 59.2 Å². The number of nitrogens with one attached hydrogen (secondary N) is 1. The summed E-state index contributed by atoms with van der Waals surface area (Å²) in [6.45, 7) is 6.33. The van der Waals surface area contributed by atoms with Gasteiger partial charge in [0.05, 0.1) is 18.4 Å². The Bertz CT molecular complexity index is 759. The van der Waals surface area contributed by atoms with Crippen molar-refractivity contribution in [3.63, 3.8) is 0 Å². The average Bonchev–Trinajstić information content (AvgIpc) is 2.53. The van der Waals surface area contributed by atoms with E-state index in [1.54, 1.807) is 18.2 Å². The van der Waals surface area contributed by atoms with Crippen LogP contribution in [0.15, 0.2) is 42.5 Å². The lowest BCUT2D eigenvalue weighted by molar-refractivity contribution is 0.0602. The van der Waals surface area contributed by atoms with Crippen LogP contribution in [0.3, 0.4) is 0 Å². The third-order valence-corrected chi connectivity index (χ3v) is 3.71. The van der Waals surface area contributed by atoms with Crippen molar-refractivity contribution < 1.29 is 14.3 Å². The zero-order chi connectivity index (χ0) is 17.9. The Morgan fingerprint density at radius 2 is 1.67 bits per heavy atom. The smallest absolute Gasteiger partial charge is 0.339 e. The molecule has 0 aromatic heterocycles. The van der Waals surface area contributed by atoms with E-state index in [9.17, 15) is 9.59 Å². The van der Waals surface area contributed by atoms with E-state index in [4.69, 9.17) is 10.5 Å². The number of methoxy groups -OCH3 is 1. The first-order chi connectivity index (χ1) is 11.2. The highest BCUT2D eigenvalue weighted by atomic mass is 16.5. The van der Waals surface area contributed by atoms with E-state index in [2.05, 4.69) is 26.1 Å². The number of carbonyl (C=O) groups is 2. The maximum Gasteiger partial charge on any atom is 0.339 e. The summed E-state index contributed by atoms with van der Waals surface area (Å²) in [6.07, 6.45) is 0.